The van der Waals surface area contributed by atoms with E-state index in [2.05, 4.69) is 31.8 Å². The molecule has 0 N–H and O–H groups in total. The van der Waals surface area contributed by atoms with Gasteiger partial charge in [0.25, 0.3) is 0 Å². The van der Waals surface area contributed by atoms with Gasteiger partial charge in [-0.3, -0.25) is 4.98 Å². The van der Waals surface area contributed by atoms with Crippen molar-refractivity contribution in [2.45, 2.75) is 52.1 Å². The number of fused-ring (bicyclic) bond motifs is 3. The molecule has 1 aromatic heterocycles. The van der Waals surface area contributed by atoms with Crippen LogP contribution in [0.15, 0.2) is 36.5 Å². The Kier molecular flexibility index (Phi) is 4.40. The lowest BCUT2D eigenvalue weighted by Gasteiger charge is -2.30. The first-order valence-corrected chi connectivity index (χ1v) is 9.64. The molecule has 0 fully saturated rings. The monoisotopic (exact) mass is 371 g/mol. The molecule has 0 saturated carbocycles. The van der Waals surface area contributed by atoms with E-state index in [0.29, 0.717) is 17.4 Å². The van der Waals surface area contributed by atoms with Crippen molar-refractivity contribution in [2.75, 3.05) is 0 Å². The van der Waals surface area contributed by atoms with Crippen LogP contribution in [0.2, 0.25) is 0 Å². The Labute approximate surface area is 158 Å². The first kappa shape index (κ1) is 18.3. The van der Waals surface area contributed by atoms with E-state index in [1.807, 2.05) is 6.07 Å². The van der Waals surface area contributed by atoms with E-state index in [4.69, 9.17) is 0 Å². The highest BCUT2D eigenvalue weighted by atomic mass is 19.4. The second kappa shape index (κ2) is 6.50. The highest BCUT2D eigenvalue weighted by molar-refractivity contribution is 5.80. The minimum Gasteiger partial charge on any atom is -0.256 e. The molecule has 0 spiro atoms. The van der Waals surface area contributed by atoms with Crippen molar-refractivity contribution in [3.05, 3.63) is 58.9 Å². The minimum absolute atomic E-state index is 0.178. The number of benzene rings is 1. The van der Waals surface area contributed by atoms with Crippen LogP contribution in [0.5, 0.6) is 0 Å². The summed E-state index contributed by atoms with van der Waals surface area (Å²) in [4.78, 5) is 4.67. The summed E-state index contributed by atoms with van der Waals surface area (Å²) in [7, 11) is 0. The highest BCUT2D eigenvalue weighted by Gasteiger charge is 2.33. The number of alkyl halides is 3. The number of allylic oxidation sites excluding steroid dienone is 2. The fourth-order valence-electron chi connectivity index (χ4n) is 4.79. The maximum atomic E-state index is 13.3. The molecule has 0 amide bonds. The van der Waals surface area contributed by atoms with Crippen LogP contribution in [0.3, 0.4) is 0 Å². The van der Waals surface area contributed by atoms with Gasteiger partial charge in [-0.15, -0.1) is 0 Å². The van der Waals surface area contributed by atoms with Gasteiger partial charge in [0.1, 0.15) is 0 Å². The molecule has 0 bridgehead atoms. The first-order valence-electron chi connectivity index (χ1n) is 9.64. The molecule has 142 valence electrons. The van der Waals surface area contributed by atoms with Gasteiger partial charge in [-0.25, -0.2) is 0 Å². The smallest absolute Gasteiger partial charge is 0.256 e. The summed E-state index contributed by atoms with van der Waals surface area (Å²) in [5.74, 6) is 1.28. The Hall–Kier alpha value is -2.10. The van der Waals surface area contributed by atoms with Crippen molar-refractivity contribution < 1.29 is 13.2 Å². The zero-order valence-electron chi connectivity index (χ0n) is 15.9. The standard InChI is InChI=1S/C23H24F3N/c1-13-8-14(2)10-16(9-13)22-21-11-15(3)18-5-4-17(23(24,25)26)12-20(18)19(21)6-7-27-22/h4-7,9,12-15H,8,10-11H2,1-3H3. The maximum Gasteiger partial charge on any atom is 0.416 e. The van der Waals surface area contributed by atoms with Crippen LogP contribution in [-0.2, 0) is 12.6 Å². The molecule has 0 aliphatic heterocycles. The number of aromatic nitrogens is 1. The van der Waals surface area contributed by atoms with Crippen LogP contribution >= 0.6 is 0 Å². The minimum atomic E-state index is -4.33. The molecule has 4 heteroatoms. The third-order valence-corrected chi connectivity index (χ3v) is 5.90. The lowest BCUT2D eigenvalue weighted by molar-refractivity contribution is -0.137. The normalized spacial score (nSPS) is 24.8. The van der Waals surface area contributed by atoms with E-state index in [9.17, 15) is 13.2 Å². The summed E-state index contributed by atoms with van der Waals surface area (Å²) < 4.78 is 39.8. The van der Waals surface area contributed by atoms with Gasteiger partial charge in [-0.1, -0.05) is 32.9 Å². The first-order chi connectivity index (χ1) is 12.7. The lowest BCUT2D eigenvalue weighted by atomic mass is 9.76. The molecule has 3 atom stereocenters. The van der Waals surface area contributed by atoms with Gasteiger partial charge >= 0.3 is 6.18 Å². The molecule has 2 aromatic rings. The van der Waals surface area contributed by atoms with Crippen LogP contribution in [0, 0.1) is 11.8 Å². The molecule has 1 aromatic carbocycles. The van der Waals surface area contributed by atoms with Gasteiger partial charge in [-0.2, -0.15) is 13.2 Å². The fraction of sp³-hybridized carbons (Fsp3) is 0.435. The summed E-state index contributed by atoms with van der Waals surface area (Å²) in [5, 5.41) is 0. The Balaban J connectivity index is 1.88. The van der Waals surface area contributed by atoms with Crippen molar-refractivity contribution >= 4 is 5.57 Å². The zero-order valence-corrected chi connectivity index (χ0v) is 15.9. The quantitative estimate of drug-likeness (QED) is 0.533. The number of rotatable bonds is 1. The molecule has 0 saturated heterocycles. The average molecular weight is 371 g/mol. The third-order valence-electron chi connectivity index (χ3n) is 5.90. The number of hydrogen-bond acceptors (Lipinski definition) is 1. The van der Waals surface area contributed by atoms with Crippen LogP contribution in [0.25, 0.3) is 16.7 Å². The lowest BCUT2D eigenvalue weighted by Crippen LogP contribution is -2.16. The van der Waals surface area contributed by atoms with E-state index in [1.165, 1.54) is 24.1 Å². The Bertz CT molecular complexity index is 910. The van der Waals surface area contributed by atoms with Crippen LogP contribution in [-0.4, -0.2) is 4.98 Å². The molecule has 3 unspecified atom stereocenters. The van der Waals surface area contributed by atoms with Gasteiger partial charge in [0.05, 0.1) is 11.3 Å². The average Bonchev–Trinajstić information content (AvgIpc) is 2.59. The second-order valence-corrected chi connectivity index (χ2v) is 8.30. The van der Waals surface area contributed by atoms with Crippen molar-refractivity contribution in [2.24, 2.45) is 11.8 Å². The Morgan fingerprint density at radius 3 is 2.48 bits per heavy atom. The predicted octanol–water partition coefficient (Wildman–Crippen LogP) is 6.88. The number of pyridine rings is 1. The molecule has 0 radical (unpaired) electrons. The van der Waals surface area contributed by atoms with E-state index in [0.717, 1.165) is 35.2 Å². The number of nitrogens with zero attached hydrogens (tertiary/aromatic N) is 1. The molecule has 1 heterocycles. The van der Waals surface area contributed by atoms with E-state index in [-0.39, 0.29) is 5.92 Å². The molecule has 4 rings (SSSR count). The highest BCUT2D eigenvalue weighted by Crippen LogP contribution is 2.45. The van der Waals surface area contributed by atoms with Crippen LogP contribution in [0.4, 0.5) is 13.2 Å². The molecular weight excluding hydrogens is 347 g/mol. The van der Waals surface area contributed by atoms with Crippen molar-refractivity contribution in [3.63, 3.8) is 0 Å². The molecular formula is C23H24F3N. The van der Waals surface area contributed by atoms with Gasteiger partial charge < -0.3 is 0 Å². The van der Waals surface area contributed by atoms with Crippen molar-refractivity contribution in [1.82, 2.24) is 4.98 Å². The second-order valence-electron chi connectivity index (χ2n) is 8.30. The topological polar surface area (TPSA) is 12.9 Å². The van der Waals surface area contributed by atoms with E-state index < -0.39 is 11.7 Å². The summed E-state index contributed by atoms with van der Waals surface area (Å²) in [6.07, 6.45) is 2.69. The van der Waals surface area contributed by atoms with Gasteiger partial charge in [0.2, 0.25) is 0 Å². The number of halogens is 3. The number of hydrogen-bond donors (Lipinski definition) is 0. The predicted molar refractivity (Wildman–Crippen MR) is 102 cm³/mol. The summed E-state index contributed by atoms with van der Waals surface area (Å²) in [6, 6.07) is 6.04. The van der Waals surface area contributed by atoms with Gasteiger partial charge in [0.15, 0.2) is 0 Å². The van der Waals surface area contributed by atoms with Crippen molar-refractivity contribution in [1.29, 1.82) is 0 Å². The fourth-order valence-corrected chi connectivity index (χ4v) is 4.79. The summed E-state index contributed by atoms with van der Waals surface area (Å²) in [6.45, 7) is 6.57. The summed E-state index contributed by atoms with van der Waals surface area (Å²) in [5.41, 5.74) is 5.36. The Morgan fingerprint density at radius 2 is 1.78 bits per heavy atom. The van der Waals surface area contributed by atoms with E-state index in [1.54, 1.807) is 12.3 Å². The molecule has 27 heavy (non-hydrogen) atoms. The third kappa shape index (κ3) is 3.30. The van der Waals surface area contributed by atoms with E-state index >= 15 is 0 Å². The van der Waals surface area contributed by atoms with Crippen LogP contribution in [0.1, 0.15) is 61.9 Å². The van der Waals surface area contributed by atoms with Gasteiger partial charge in [-0.05, 0) is 83.0 Å². The largest absolute Gasteiger partial charge is 0.416 e. The SMILES string of the molecule is CC1C=C(c2nccc3c2CC(C)c2ccc(C(F)(F)F)cc2-3)CC(C)C1. The van der Waals surface area contributed by atoms with Crippen molar-refractivity contribution in [3.8, 4) is 11.1 Å². The maximum absolute atomic E-state index is 13.3. The Morgan fingerprint density at radius 1 is 1.00 bits per heavy atom. The zero-order chi connectivity index (χ0) is 19.3. The van der Waals surface area contributed by atoms with Crippen LogP contribution < -0.4 is 0 Å². The summed E-state index contributed by atoms with van der Waals surface area (Å²) >= 11 is 0. The van der Waals surface area contributed by atoms with Gasteiger partial charge in [0, 0.05) is 6.20 Å². The molecule has 2 aliphatic carbocycles. The molecule has 1 nitrogen and oxygen atoms in total. The molecule has 2 aliphatic rings.